The molecule has 0 bridgehead atoms. The maximum atomic E-state index is 13.5. The molecule has 5 rings (SSSR count). The topological polar surface area (TPSA) is 91.1 Å². The van der Waals surface area contributed by atoms with E-state index < -0.39 is 23.7 Å². The van der Waals surface area contributed by atoms with E-state index in [-0.39, 0.29) is 18.5 Å². The lowest BCUT2D eigenvalue weighted by atomic mass is 9.87. The van der Waals surface area contributed by atoms with Crippen LogP contribution in [0.15, 0.2) is 48.9 Å². The lowest BCUT2D eigenvalue weighted by Gasteiger charge is -2.36. The van der Waals surface area contributed by atoms with E-state index in [1.165, 1.54) is 29.2 Å². The second-order valence-corrected chi connectivity index (χ2v) is 7.27. The van der Waals surface area contributed by atoms with E-state index in [1.807, 2.05) is 0 Å². The number of amides is 1. The van der Waals surface area contributed by atoms with Gasteiger partial charge in [-0.1, -0.05) is 0 Å². The number of aromatic nitrogens is 5. The quantitative estimate of drug-likeness (QED) is 0.556. The van der Waals surface area contributed by atoms with Crippen molar-refractivity contribution in [3.8, 4) is 22.6 Å². The molecular weight excluding hydrogens is 397 g/mol. The van der Waals surface area contributed by atoms with E-state index in [0.717, 1.165) is 0 Å². The van der Waals surface area contributed by atoms with Crippen molar-refractivity contribution in [3.63, 3.8) is 0 Å². The standard InChI is InChI=1S/C20H15F3N6O/c21-12-3-1-11(2-4-12)17-18(28(10-26-17)13-7-20(22,23)8-13)14-5-6-16-25-9-15(19(24)30)29(16)27-14/h1-6,9-10,13H,7-8H2,(H2,24,30). The van der Waals surface area contributed by atoms with E-state index in [1.54, 1.807) is 28.8 Å². The monoisotopic (exact) mass is 412 g/mol. The van der Waals surface area contributed by atoms with Crippen LogP contribution in [0.3, 0.4) is 0 Å². The Bertz CT molecular complexity index is 1270. The number of hydrogen-bond donors (Lipinski definition) is 1. The summed E-state index contributed by atoms with van der Waals surface area (Å²) in [6.07, 6.45) is 2.19. The lowest BCUT2D eigenvalue weighted by molar-refractivity contribution is -0.103. The molecule has 0 saturated heterocycles. The Balaban J connectivity index is 1.70. The molecule has 0 aliphatic heterocycles. The van der Waals surface area contributed by atoms with Crippen LogP contribution in [0.4, 0.5) is 13.2 Å². The largest absolute Gasteiger partial charge is 0.364 e. The smallest absolute Gasteiger partial charge is 0.269 e. The highest BCUT2D eigenvalue weighted by molar-refractivity contribution is 5.91. The molecule has 3 heterocycles. The second kappa shape index (κ2) is 6.41. The Morgan fingerprint density at radius 3 is 2.50 bits per heavy atom. The molecule has 2 N–H and O–H groups in total. The average Bonchev–Trinajstić information content (AvgIpc) is 3.30. The number of fused-ring (bicyclic) bond motifs is 1. The number of primary amides is 1. The highest BCUT2D eigenvalue weighted by atomic mass is 19.3. The summed E-state index contributed by atoms with van der Waals surface area (Å²) in [7, 11) is 0. The van der Waals surface area contributed by atoms with E-state index >= 15 is 0 Å². The van der Waals surface area contributed by atoms with Gasteiger partial charge in [0, 0.05) is 24.4 Å². The summed E-state index contributed by atoms with van der Waals surface area (Å²) in [6.45, 7) is 0. The van der Waals surface area contributed by atoms with E-state index in [9.17, 15) is 18.0 Å². The minimum absolute atomic E-state index is 0.0939. The van der Waals surface area contributed by atoms with Crippen LogP contribution in [0.25, 0.3) is 28.3 Å². The molecule has 0 spiro atoms. The average molecular weight is 412 g/mol. The highest BCUT2D eigenvalue weighted by Crippen LogP contribution is 2.47. The van der Waals surface area contributed by atoms with Gasteiger partial charge in [0.15, 0.2) is 5.65 Å². The first-order chi connectivity index (χ1) is 14.3. The predicted octanol–water partition coefficient (Wildman–Crippen LogP) is 3.47. The molecule has 1 amide bonds. The Labute approximate surface area is 168 Å². The molecule has 1 aliphatic carbocycles. The van der Waals surface area contributed by atoms with Gasteiger partial charge in [0.25, 0.3) is 11.8 Å². The summed E-state index contributed by atoms with van der Waals surface area (Å²) in [5.41, 5.74) is 7.87. The number of nitrogens with two attached hydrogens (primary N) is 1. The number of carbonyl (C=O) groups excluding carboxylic acids is 1. The van der Waals surface area contributed by atoms with Crippen molar-refractivity contribution in [2.24, 2.45) is 5.73 Å². The van der Waals surface area contributed by atoms with Crippen LogP contribution in [0.5, 0.6) is 0 Å². The van der Waals surface area contributed by atoms with Gasteiger partial charge in [-0.25, -0.2) is 27.7 Å². The summed E-state index contributed by atoms with van der Waals surface area (Å²) in [4.78, 5) is 20.2. The summed E-state index contributed by atoms with van der Waals surface area (Å²) in [5.74, 6) is -3.82. The number of carbonyl (C=O) groups is 1. The molecule has 1 saturated carbocycles. The van der Waals surface area contributed by atoms with Crippen LogP contribution in [0.1, 0.15) is 29.4 Å². The molecule has 1 aliphatic rings. The molecule has 30 heavy (non-hydrogen) atoms. The fraction of sp³-hybridized carbons (Fsp3) is 0.200. The second-order valence-electron chi connectivity index (χ2n) is 7.27. The first kappa shape index (κ1) is 18.3. The van der Waals surface area contributed by atoms with Gasteiger partial charge >= 0.3 is 0 Å². The maximum absolute atomic E-state index is 13.5. The third-order valence-corrected chi connectivity index (χ3v) is 5.23. The number of rotatable bonds is 4. The zero-order valence-corrected chi connectivity index (χ0v) is 15.5. The zero-order valence-electron chi connectivity index (χ0n) is 15.5. The molecule has 0 unspecified atom stereocenters. The molecule has 0 atom stereocenters. The Kier molecular flexibility index (Phi) is 3.92. The molecule has 4 aromatic rings. The number of benzene rings is 1. The summed E-state index contributed by atoms with van der Waals surface area (Å²) < 4.78 is 43.4. The number of nitrogens with zero attached hydrogens (tertiary/aromatic N) is 5. The minimum atomic E-state index is -2.72. The van der Waals surface area contributed by atoms with Crippen molar-refractivity contribution in [1.29, 1.82) is 0 Å². The maximum Gasteiger partial charge on any atom is 0.269 e. The number of hydrogen-bond acceptors (Lipinski definition) is 4. The van der Waals surface area contributed by atoms with Gasteiger partial charge in [-0.2, -0.15) is 5.10 Å². The van der Waals surface area contributed by atoms with Crippen LogP contribution >= 0.6 is 0 Å². The zero-order chi connectivity index (χ0) is 21.0. The van der Waals surface area contributed by atoms with Crippen molar-refractivity contribution in [1.82, 2.24) is 24.1 Å². The van der Waals surface area contributed by atoms with E-state index in [2.05, 4.69) is 15.1 Å². The van der Waals surface area contributed by atoms with Crippen LogP contribution in [-0.4, -0.2) is 36.0 Å². The van der Waals surface area contributed by atoms with Crippen molar-refractivity contribution in [3.05, 3.63) is 60.4 Å². The third kappa shape index (κ3) is 2.92. The Morgan fingerprint density at radius 1 is 1.10 bits per heavy atom. The van der Waals surface area contributed by atoms with Crippen LogP contribution < -0.4 is 5.73 Å². The van der Waals surface area contributed by atoms with Gasteiger partial charge in [-0.05, 0) is 36.4 Å². The van der Waals surface area contributed by atoms with Gasteiger partial charge in [0.05, 0.1) is 23.9 Å². The first-order valence-electron chi connectivity index (χ1n) is 9.18. The minimum Gasteiger partial charge on any atom is -0.364 e. The molecule has 3 aromatic heterocycles. The Morgan fingerprint density at radius 2 is 1.83 bits per heavy atom. The molecule has 7 nitrogen and oxygen atoms in total. The number of alkyl halides is 2. The summed E-state index contributed by atoms with van der Waals surface area (Å²) in [6, 6.07) is 8.59. The molecule has 152 valence electrons. The van der Waals surface area contributed by atoms with E-state index in [0.29, 0.717) is 28.3 Å². The molecular formula is C20H15F3N6O. The normalized spacial score (nSPS) is 16.0. The fourth-order valence-electron chi connectivity index (χ4n) is 3.70. The molecule has 0 radical (unpaired) electrons. The first-order valence-corrected chi connectivity index (χ1v) is 9.18. The molecule has 1 aromatic carbocycles. The van der Waals surface area contributed by atoms with Gasteiger partial charge < -0.3 is 10.3 Å². The van der Waals surface area contributed by atoms with Gasteiger partial charge in [0.2, 0.25) is 0 Å². The molecule has 1 fully saturated rings. The fourth-order valence-corrected chi connectivity index (χ4v) is 3.70. The predicted molar refractivity (Wildman–Crippen MR) is 101 cm³/mol. The van der Waals surface area contributed by atoms with Crippen molar-refractivity contribution in [2.75, 3.05) is 0 Å². The van der Waals surface area contributed by atoms with Crippen LogP contribution in [-0.2, 0) is 0 Å². The van der Waals surface area contributed by atoms with Crippen molar-refractivity contribution in [2.45, 2.75) is 24.8 Å². The van der Waals surface area contributed by atoms with Crippen LogP contribution in [0.2, 0.25) is 0 Å². The van der Waals surface area contributed by atoms with Crippen LogP contribution in [0, 0.1) is 5.82 Å². The SMILES string of the molecule is NC(=O)c1cnc2ccc(-c3c(-c4ccc(F)cc4)ncn3C3CC(F)(F)C3)nn12. The van der Waals surface area contributed by atoms with Gasteiger partial charge in [-0.3, -0.25) is 4.79 Å². The van der Waals surface area contributed by atoms with Gasteiger partial charge in [0.1, 0.15) is 17.2 Å². The molecule has 10 heteroatoms. The highest BCUT2D eigenvalue weighted by Gasteiger charge is 2.47. The Hall–Kier alpha value is -3.69. The van der Waals surface area contributed by atoms with Gasteiger partial charge in [-0.15, -0.1) is 0 Å². The van der Waals surface area contributed by atoms with Crippen molar-refractivity contribution >= 4 is 11.6 Å². The van der Waals surface area contributed by atoms with E-state index in [4.69, 9.17) is 5.73 Å². The van der Waals surface area contributed by atoms with Crippen molar-refractivity contribution < 1.29 is 18.0 Å². The summed E-state index contributed by atoms with van der Waals surface area (Å²) >= 11 is 0. The lowest BCUT2D eigenvalue weighted by Crippen LogP contribution is -2.37. The number of halogens is 3. The third-order valence-electron chi connectivity index (χ3n) is 5.23. The summed E-state index contributed by atoms with van der Waals surface area (Å²) in [5, 5.41) is 4.47. The number of imidazole rings is 2.